The van der Waals surface area contributed by atoms with Gasteiger partial charge in [-0.05, 0) is 50.5 Å². The number of rotatable bonds is 8. The monoisotopic (exact) mass is 465 g/mol. The highest BCUT2D eigenvalue weighted by Crippen LogP contribution is 2.34. The normalized spacial score (nSPS) is 10.4. The van der Waals surface area contributed by atoms with Crippen molar-refractivity contribution in [1.29, 1.82) is 0 Å². The number of esters is 1. The fraction of sp³-hybridized carbons (Fsp3) is 0.381. The van der Waals surface area contributed by atoms with Gasteiger partial charge in [0.25, 0.3) is 0 Å². The van der Waals surface area contributed by atoms with E-state index >= 15 is 0 Å². The topological polar surface area (TPSA) is 79.5 Å². The van der Waals surface area contributed by atoms with Crippen molar-refractivity contribution < 1.29 is 14.3 Å². The number of amides is 1. The molecule has 30 heavy (non-hydrogen) atoms. The third-order valence-corrected chi connectivity index (χ3v) is 6.48. The fourth-order valence-corrected chi connectivity index (χ4v) is 4.90. The molecule has 0 atom stereocenters. The summed E-state index contributed by atoms with van der Waals surface area (Å²) in [7, 11) is 0. The smallest absolute Gasteiger partial charge is 0.341 e. The summed E-state index contributed by atoms with van der Waals surface area (Å²) in [5, 5.41) is 3.83. The number of thioether (sulfide) groups is 1. The van der Waals surface area contributed by atoms with Crippen LogP contribution in [0.4, 0.5) is 5.00 Å². The highest BCUT2D eigenvalue weighted by atomic mass is 32.2. The van der Waals surface area contributed by atoms with E-state index in [1.54, 1.807) is 6.92 Å². The van der Waals surface area contributed by atoms with Gasteiger partial charge in [-0.1, -0.05) is 36.8 Å². The minimum Gasteiger partial charge on any atom is -0.462 e. The lowest BCUT2D eigenvalue weighted by Crippen LogP contribution is -2.44. The molecule has 3 N–H and O–H groups in total. The molecule has 0 fully saturated rings. The van der Waals surface area contributed by atoms with Gasteiger partial charge >= 0.3 is 5.97 Å². The minimum atomic E-state index is -0.374. The quantitative estimate of drug-likeness (QED) is 0.304. The van der Waals surface area contributed by atoms with Gasteiger partial charge in [0.1, 0.15) is 5.00 Å². The number of anilines is 1. The number of ether oxygens (including phenoxy) is 1. The molecule has 1 heterocycles. The number of nitrogens with one attached hydrogen (secondary N) is 3. The summed E-state index contributed by atoms with van der Waals surface area (Å²) < 4.78 is 5.18. The molecule has 0 aliphatic rings. The van der Waals surface area contributed by atoms with Crippen molar-refractivity contribution in [3.05, 3.63) is 51.4 Å². The minimum absolute atomic E-state index is 0.182. The van der Waals surface area contributed by atoms with Crippen LogP contribution in [-0.4, -0.2) is 29.3 Å². The average Bonchev–Trinajstić information content (AvgIpc) is 3.02. The van der Waals surface area contributed by atoms with Crippen LogP contribution in [0, 0.1) is 13.8 Å². The molecule has 1 aromatic heterocycles. The molecule has 162 valence electrons. The summed E-state index contributed by atoms with van der Waals surface area (Å²) >= 11 is 8.23. The third-order valence-electron chi connectivity index (χ3n) is 4.21. The summed E-state index contributed by atoms with van der Waals surface area (Å²) in [5.41, 5.74) is 9.12. The maximum atomic E-state index is 12.4. The van der Waals surface area contributed by atoms with Crippen molar-refractivity contribution in [2.75, 3.05) is 17.7 Å². The highest BCUT2D eigenvalue weighted by Gasteiger charge is 2.22. The van der Waals surface area contributed by atoms with E-state index in [0.29, 0.717) is 29.3 Å². The van der Waals surface area contributed by atoms with Gasteiger partial charge in [0, 0.05) is 10.6 Å². The first-order valence-corrected chi connectivity index (χ1v) is 12.0. The fourth-order valence-electron chi connectivity index (χ4n) is 2.75. The second-order valence-corrected chi connectivity index (χ2v) is 9.14. The van der Waals surface area contributed by atoms with Crippen LogP contribution in [0.15, 0.2) is 24.3 Å². The average molecular weight is 466 g/mol. The number of carbonyl (C=O) groups is 2. The highest BCUT2D eigenvalue weighted by molar-refractivity contribution is 7.99. The Kier molecular flexibility index (Phi) is 9.61. The maximum Gasteiger partial charge on any atom is 0.341 e. The van der Waals surface area contributed by atoms with Gasteiger partial charge in [0.05, 0.1) is 17.9 Å². The van der Waals surface area contributed by atoms with Crippen molar-refractivity contribution in [3.8, 4) is 0 Å². The van der Waals surface area contributed by atoms with Crippen molar-refractivity contribution in [3.63, 3.8) is 0 Å². The van der Waals surface area contributed by atoms with E-state index < -0.39 is 0 Å². The van der Waals surface area contributed by atoms with Crippen LogP contribution in [0.25, 0.3) is 0 Å². The predicted molar refractivity (Wildman–Crippen MR) is 129 cm³/mol. The number of hydrazine groups is 1. The Labute approximate surface area is 191 Å². The molecule has 0 spiro atoms. The van der Waals surface area contributed by atoms with Crippen LogP contribution in [0.1, 0.15) is 45.8 Å². The zero-order valence-corrected chi connectivity index (χ0v) is 20.0. The van der Waals surface area contributed by atoms with Crippen LogP contribution >= 0.6 is 35.3 Å². The van der Waals surface area contributed by atoms with Gasteiger partial charge in [-0.25, -0.2) is 4.79 Å². The van der Waals surface area contributed by atoms with E-state index in [9.17, 15) is 9.59 Å². The van der Waals surface area contributed by atoms with E-state index in [4.69, 9.17) is 17.0 Å². The first-order chi connectivity index (χ1) is 14.3. The summed E-state index contributed by atoms with van der Waals surface area (Å²) in [6.07, 6.45) is 0.716. The number of hydrogen-bond donors (Lipinski definition) is 3. The van der Waals surface area contributed by atoms with E-state index in [2.05, 4.69) is 40.4 Å². The molecule has 2 aromatic rings. The van der Waals surface area contributed by atoms with Crippen molar-refractivity contribution in [1.82, 2.24) is 10.9 Å². The summed E-state index contributed by atoms with van der Waals surface area (Å²) in [6.45, 7) is 8.07. The third kappa shape index (κ3) is 7.00. The van der Waals surface area contributed by atoms with Crippen LogP contribution < -0.4 is 16.2 Å². The lowest BCUT2D eigenvalue weighted by Gasteiger charge is -2.12. The number of thiophene rings is 1. The van der Waals surface area contributed by atoms with Crippen molar-refractivity contribution in [2.45, 2.75) is 39.9 Å². The van der Waals surface area contributed by atoms with Gasteiger partial charge in [-0.2, -0.15) is 0 Å². The number of carbonyl (C=O) groups excluding carboxylic acids is 2. The van der Waals surface area contributed by atoms with Crippen LogP contribution in [0.2, 0.25) is 0 Å². The molecule has 1 amide bonds. The Hall–Kier alpha value is -2.10. The molecule has 0 bridgehead atoms. The largest absolute Gasteiger partial charge is 0.462 e. The van der Waals surface area contributed by atoms with E-state index in [0.717, 1.165) is 16.2 Å². The molecule has 0 unspecified atom stereocenters. The Morgan fingerprint density at radius 3 is 2.47 bits per heavy atom. The Morgan fingerprint density at radius 1 is 1.13 bits per heavy atom. The van der Waals surface area contributed by atoms with Gasteiger partial charge in [-0.3, -0.25) is 15.6 Å². The predicted octanol–water partition coefficient (Wildman–Crippen LogP) is 4.36. The van der Waals surface area contributed by atoms with E-state index in [1.807, 2.05) is 20.8 Å². The molecule has 0 radical (unpaired) electrons. The SMILES string of the molecule is CCOC(=O)c1c(NC(=S)NNC(=O)CSCc2ccc(C)cc2)sc(C)c1CC. The molecule has 9 heteroatoms. The standard InChI is InChI=1S/C21H27N3O3S3/c1-5-16-14(4)30-19(18(16)20(26)27-6-2)22-21(28)24-23-17(25)12-29-11-15-9-7-13(3)8-10-15/h7-10H,5-6,11-12H2,1-4H3,(H,23,25)(H2,22,24,28). The zero-order chi connectivity index (χ0) is 22.1. The van der Waals surface area contributed by atoms with E-state index in [-0.39, 0.29) is 17.0 Å². The van der Waals surface area contributed by atoms with Crippen molar-refractivity contribution in [2.24, 2.45) is 0 Å². The molecule has 0 aliphatic carbocycles. The lowest BCUT2D eigenvalue weighted by atomic mass is 10.1. The molecule has 6 nitrogen and oxygen atoms in total. The number of thiocarbonyl (C=S) groups is 1. The Morgan fingerprint density at radius 2 is 1.83 bits per heavy atom. The lowest BCUT2D eigenvalue weighted by molar-refractivity contribution is -0.119. The Bertz CT molecular complexity index is 895. The number of aryl methyl sites for hydroxylation is 2. The van der Waals surface area contributed by atoms with Crippen LogP contribution in [-0.2, 0) is 21.7 Å². The van der Waals surface area contributed by atoms with Gasteiger partial charge < -0.3 is 10.1 Å². The Balaban J connectivity index is 1.84. The molecule has 1 aromatic carbocycles. The summed E-state index contributed by atoms with van der Waals surface area (Å²) in [6, 6.07) is 8.24. The molecular weight excluding hydrogens is 438 g/mol. The maximum absolute atomic E-state index is 12.4. The van der Waals surface area contributed by atoms with Gasteiger partial charge in [0.15, 0.2) is 5.11 Å². The van der Waals surface area contributed by atoms with Crippen LogP contribution in [0.3, 0.4) is 0 Å². The molecule has 0 saturated heterocycles. The second kappa shape index (κ2) is 11.9. The van der Waals surface area contributed by atoms with E-state index in [1.165, 1.54) is 34.2 Å². The van der Waals surface area contributed by atoms with Gasteiger partial charge in [-0.15, -0.1) is 23.1 Å². The first kappa shape index (κ1) is 24.2. The molecular formula is C21H27N3O3S3. The molecule has 0 saturated carbocycles. The summed E-state index contributed by atoms with van der Waals surface area (Å²) in [5.74, 6) is 0.502. The number of benzene rings is 1. The van der Waals surface area contributed by atoms with Gasteiger partial charge in [0.2, 0.25) is 5.91 Å². The van der Waals surface area contributed by atoms with Crippen LogP contribution in [0.5, 0.6) is 0 Å². The molecule has 2 rings (SSSR count). The zero-order valence-electron chi connectivity index (χ0n) is 17.6. The van der Waals surface area contributed by atoms with Crippen molar-refractivity contribution >= 4 is 57.3 Å². The first-order valence-electron chi connectivity index (χ1n) is 9.64. The second-order valence-electron chi connectivity index (χ2n) is 6.52. The molecule has 0 aliphatic heterocycles. The number of hydrogen-bond acceptors (Lipinski definition) is 6. The summed E-state index contributed by atoms with van der Waals surface area (Å²) in [4.78, 5) is 25.5.